The molecule has 0 aliphatic rings. The van der Waals surface area contributed by atoms with Crippen molar-refractivity contribution < 1.29 is 9.15 Å². The summed E-state index contributed by atoms with van der Waals surface area (Å²) in [6.45, 7) is 0.655. The van der Waals surface area contributed by atoms with Crippen molar-refractivity contribution in [2.75, 3.05) is 24.4 Å². The summed E-state index contributed by atoms with van der Waals surface area (Å²) in [5.74, 6) is 0.746. The molecule has 114 valence electrons. The quantitative estimate of drug-likeness (QED) is 0.552. The summed E-state index contributed by atoms with van der Waals surface area (Å²) < 4.78 is 10.8. The lowest BCUT2D eigenvalue weighted by atomic mass is 10.2. The lowest BCUT2D eigenvalue weighted by molar-refractivity contribution is 0.415. The van der Waals surface area contributed by atoms with Crippen molar-refractivity contribution in [2.45, 2.75) is 11.8 Å². The number of hydrogen-bond acceptors (Lipinski definition) is 6. The number of benzene rings is 2. The third-order valence-electron chi connectivity index (χ3n) is 3.35. The van der Waals surface area contributed by atoms with Crippen LogP contribution in [0, 0.1) is 0 Å². The van der Waals surface area contributed by atoms with Crippen LogP contribution < -0.4 is 15.8 Å². The summed E-state index contributed by atoms with van der Waals surface area (Å²) in [7, 11) is 1.62. The Hall–Kier alpha value is -2.34. The van der Waals surface area contributed by atoms with Gasteiger partial charge in [-0.05, 0) is 36.1 Å². The average Bonchev–Trinajstić information content (AvgIpc) is 2.96. The Morgan fingerprint density at radius 1 is 1.27 bits per heavy atom. The van der Waals surface area contributed by atoms with E-state index in [0.717, 1.165) is 28.1 Å². The van der Waals surface area contributed by atoms with Crippen LogP contribution in [-0.2, 0) is 6.54 Å². The van der Waals surface area contributed by atoms with Gasteiger partial charge in [-0.1, -0.05) is 17.8 Å². The molecule has 0 aliphatic heterocycles. The van der Waals surface area contributed by atoms with Crippen LogP contribution in [0.5, 0.6) is 5.75 Å². The molecule has 0 saturated carbocycles. The number of nitrogens with two attached hydrogens (primary N) is 1. The Balaban J connectivity index is 1.75. The van der Waals surface area contributed by atoms with Crippen molar-refractivity contribution >= 4 is 34.2 Å². The van der Waals surface area contributed by atoms with E-state index in [-0.39, 0.29) is 0 Å². The van der Waals surface area contributed by atoms with E-state index >= 15 is 0 Å². The fraction of sp³-hybridized carbons (Fsp3) is 0.188. The van der Waals surface area contributed by atoms with Crippen LogP contribution in [0.4, 0.5) is 11.4 Å². The average molecular weight is 315 g/mol. The van der Waals surface area contributed by atoms with E-state index in [9.17, 15) is 0 Å². The van der Waals surface area contributed by atoms with Crippen molar-refractivity contribution in [3.63, 3.8) is 0 Å². The molecule has 3 rings (SSSR count). The van der Waals surface area contributed by atoms with Gasteiger partial charge in [0.1, 0.15) is 11.3 Å². The Labute approximate surface area is 132 Å². The van der Waals surface area contributed by atoms with E-state index in [2.05, 4.69) is 10.3 Å². The van der Waals surface area contributed by atoms with Crippen molar-refractivity contribution in [3.8, 4) is 5.75 Å². The van der Waals surface area contributed by atoms with Gasteiger partial charge in [-0.2, -0.15) is 0 Å². The number of oxazole rings is 1. The first kappa shape index (κ1) is 14.6. The maximum atomic E-state index is 6.00. The van der Waals surface area contributed by atoms with Gasteiger partial charge in [-0.25, -0.2) is 4.98 Å². The molecule has 6 heteroatoms. The zero-order chi connectivity index (χ0) is 15.5. The van der Waals surface area contributed by atoms with E-state index in [1.807, 2.05) is 36.6 Å². The molecule has 5 nitrogen and oxygen atoms in total. The first-order valence-corrected chi connectivity index (χ1v) is 8.03. The third-order valence-corrected chi connectivity index (χ3v) is 3.87. The number of nitrogens with one attached hydrogen (secondary N) is 1. The molecule has 3 aromatic rings. The van der Waals surface area contributed by atoms with Crippen LogP contribution in [0.15, 0.2) is 46.0 Å². The van der Waals surface area contributed by atoms with E-state index < -0.39 is 0 Å². The minimum atomic E-state index is 0.655. The minimum absolute atomic E-state index is 0.655. The summed E-state index contributed by atoms with van der Waals surface area (Å²) in [6.07, 6.45) is 1.94. The molecule has 0 amide bonds. The molecule has 1 heterocycles. The molecule has 0 radical (unpaired) electrons. The summed E-state index contributed by atoms with van der Waals surface area (Å²) in [5.41, 5.74) is 10.3. The van der Waals surface area contributed by atoms with Crippen LogP contribution in [-0.4, -0.2) is 18.3 Å². The highest BCUT2D eigenvalue weighted by atomic mass is 32.2. The summed E-state index contributed by atoms with van der Waals surface area (Å²) in [5, 5.41) is 4.00. The molecular formula is C16H17N3O2S. The highest BCUT2D eigenvalue weighted by Crippen LogP contribution is 2.26. The number of nitrogens with zero attached hydrogens (tertiary/aromatic N) is 1. The lowest BCUT2D eigenvalue weighted by Crippen LogP contribution is -2.02. The smallest absolute Gasteiger partial charge is 0.256 e. The maximum absolute atomic E-state index is 6.00. The number of hydrogen-bond donors (Lipinski definition) is 2. The second kappa shape index (κ2) is 6.19. The summed E-state index contributed by atoms with van der Waals surface area (Å²) in [4.78, 5) is 4.37. The zero-order valence-electron chi connectivity index (χ0n) is 12.4. The minimum Gasteiger partial charge on any atom is -0.497 e. The van der Waals surface area contributed by atoms with E-state index in [4.69, 9.17) is 14.9 Å². The molecule has 2 aromatic carbocycles. The summed E-state index contributed by atoms with van der Waals surface area (Å²) in [6, 6.07) is 11.6. The standard InChI is InChI=1S/C16H17N3O2S/c1-20-11-4-6-13(12(17)8-11)18-9-10-3-5-14-15(7-10)21-16(19-14)22-2/h3-8,18H,9,17H2,1-2H3. The van der Waals surface area contributed by atoms with Crippen molar-refractivity contribution in [3.05, 3.63) is 42.0 Å². The van der Waals surface area contributed by atoms with Crippen LogP contribution >= 0.6 is 11.8 Å². The molecule has 0 aliphatic carbocycles. The van der Waals surface area contributed by atoms with Crippen LogP contribution in [0.25, 0.3) is 11.1 Å². The fourth-order valence-electron chi connectivity index (χ4n) is 2.17. The number of rotatable bonds is 5. The van der Waals surface area contributed by atoms with Gasteiger partial charge >= 0.3 is 0 Å². The molecule has 0 fully saturated rings. The largest absolute Gasteiger partial charge is 0.497 e. The highest BCUT2D eigenvalue weighted by Gasteiger charge is 2.06. The molecule has 0 bridgehead atoms. The monoisotopic (exact) mass is 315 g/mol. The van der Waals surface area contributed by atoms with Crippen molar-refractivity contribution in [2.24, 2.45) is 0 Å². The number of ether oxygens (including phenoxy) is 1. The topological polar surface area (TPSA) is 73.3 Å². The molecule has 3 N–H and O–H groups in total. The SMILES string of the molecule is COc1ccc(NCc2ccc3nc(SC)oc3c2)c(N)c1. The Kier molecular flexibility index (Phi) is 4.11. The lowest BCUT2D eigenvalue weighted by Gasteiger charge is -2.10. The highest BCUT2D eigenvalue weighted by molar-refractivity contribution is 7.98. The fourth-order valence-corrected chi connectivity index (χ4v) is 2.53. The Morgan fingerprint density at radius 2 is 2.14 bits per heavy atom. The van der Waals surface area contributed by atoms with E-state index in [0.29, 0.717) is 17.5 Å². The van der Waals surface area contributed by atoms with Gasteiger partial charge < -0.3 is 20.2 Å². The molecule has 0 saturated heterocycles. The first-order chi connectivity index (χ1) is 10.7. The number of methoxy groups -OCH3 is 1. The van der Waals surface area contributed by atoms with Gasteiger partial charge in [0.25, 0.3) is 5.22 Å². The number of anilines is 2. The molecular weight excluding hydrogens is 298 g/mol. The second-order valence-corrected chi connectivity index (χ2v) is 5.55. The molecule has 0 spiro atoms. The van der Waals surface area contributed by atoms with Crippen LogP contribution in [0.3, 0.4) is 0 Å². The molecule has 0 unspecified atom stereocenters. The molecule has 1 aromatic heterocycles. The molecule has 0 atom stereocenters. The van der Waals surface area contributed by atoms with Gasteiger partial charge in [0.05, 0.1) is 18.5 Å². The first-order valence-electron chi connectivity index (χ1n) is 6.80. The van der Waals surface area contributed by atoms with Gasteiger partial charge in [0.15, 0.2) is 5.58 Å². The van der Waals surface area contributed by atoms with Gasteiger partial charge in [0, 0.05) is 12.6 Å². The van der Waals surface area contributed by atoms with Crippen LogP contribution in [0.1, 0.15) is 5.56 Å². The predicted molar refractivity (Wildman–Crippen MR) is 90.5 cm³/mol. The van der Waals surface area contributed by atoms with Crippen molar-refractivity contribution in [1.29, 1.82) is 0 Å². The van der Waals surface area contributed by atoms with Gasteiger partial charge in [-0.3, -0.25) is 0 Å². The van der Waals surface area contributed by atoms with E-state index in [1.54, 1.807) is 13.2 Å². The second-order valence-electron chi connectivity index (χ2n) is 4.79. The van der Waals surface area contributed by atoms with Gasteiger partial charge in [-0.15, -0.1) is 0 Å². The number of aromatic nitrogens is 1. The normalized spacial score (nSPS) is 10.8. The van der Waals surface area contributed by atoms with Crippen molar-refractivity contribution in [1.82, 2.24) is 4.98 Å². The predicted octanol–water partition coefficient (Wildman–Crippen LogP) is 3.75. The summed E-state index contributed by atoms with van der Waals surface area (Å²) >= 11 is 1.49. The molecule has 22 heavy (non-hydrogen) atoms. The zero-order valence-corrected chi connectivity index (χ0v) is 13.2. The number of nitrogen functional groups attached to an aromatic ring is 1. The number of fused-ring (bicyclic) bond motifs is 1. The Bertz CT molecular complexity index is 801. The maximum Gasteiger partial charge on any atom is 0.256 e. The van der Waals surface area contributed by atoms with E-state index in [1.165, 1.54) is 11.8 Å². The van der Waals surface area contributed by atoms with Gasteiger partial charge in [0.2, 0.25) is 0 Å². The third kappa shape index (κ3) is 2.96. The number of thioether (sulfide) groups is 1. The van der Waals surface area contributed by atoms with Crippen LogP contribution in [0.2, 0.25) is 0 Å². The Morgan fingerprint density at radius 3 is 2.86 bits per heavy atom.